The third kappa shape index (κ3) is 3.28. The molecule has 17 heavy (non-hydrogen) atoms. The monoisotopic (exact) mass is 273 g/mol. The van der Waals surface area contributed by atoms with Crippen molar-refractivity contribution in [2.75, 3.05) is 7.05 Å². The first-order chi connectivity index (χ1) is 7.70. The van der Waals surface area contributed by atoms with Gasteiger partial charge in [-0.1, -0.05) is 5.16 Å². The molecule has 0 radical (unpaired) electrons. The molecule has 2 aromatic heterocycles. The molecule has 0 aliphatic rings. The molecule has 0 aliphatic carbocycles. The van der Waals surface area contributed by atoms with E-state index in [0.29, 0.717) is 11.9 Å². The van der Waals surface area contributed by atoms with Crippen LogP contribution in [0.25, 0.3) is 10.8 Å². The van der Waals surface area contributed by atoms with Crippen molar-refractivity contribution in [1.29, 1.82) is 0 Å². The van der Waals surface area contributed by atoms with E-state index in [0.717, 1.165) is 17.1 Å². The molecule has 1 atom stereocenters. The molecule has 0 aromatic carbocycles. The number of aromatic nitrogens is 2. The van der Waals surface area contributed by atoms with Crippen molar-refractivity contribution < 1.29 is 4.52 Å². The number of rotatable bonds is 4. The minimum atomic E-state index is 0. The van der Waals surface area contributed by atoms with Crippen LogP contribution >= 0.6 is 23.7 Å². The second-order valence-electron chi connectivity index (χ2n) is 3.84. The Kier molecular flexibility index (Phi) is 5.11. The SMILES string of the molecule is CNC(C)Cc1noc(-c2sccc2C)n1.Cl. The van der Waals surface area contributed by atoms with Gasteiger partial charge in [0.25, 0.3) is 5.89 Å². The van der Waals surface area contributed by atoms with Crippen LogP contribution in [0.1, 0.15) is 18.3 Å². The average Bonchev–Trinajstić information content (AvgIpc) is 2.86. The molecule has 2 heterocycles. The van der Waals surface area contributed by atoms with Crippen molar-refractivity contribution >= 4 is 23.7 Å². The topological polar surface area (TPSA) is 51.0 Å². The van der Waals surface area contributed by atoms with E-state index in [9.17, 15) is 0 Å². The minimum Gasteiger partial charge on any atom is -0.333 e. The highest BCUT2D eigenvalue weighted by molar-refractivity contribution is 7.13. The summed E-state index contributed by atoms with van der Waals surface area (Å²) in [6.45, 7) is 4.14. The van der Waals surface area contributed by atoms with Crippen molar-refractivity contribution in [1.82, 2.24) is 15.5 Å². The molecule has 0 aliphatic heterocycles. The Balaban J connectivity index is 0.00000144. The molecule has 0 saturated carbocycles. The highest BCUT2D eigenvalue weighted by Gasteiger charge is 2.13. The third-order valence-electron chi connectivity index (χ3n) is 2.51. The molecule has 6 heteroatoms. The highest BCUT2D eigenvalue weighted by atomic mass is 35.5. The molecule has 94 valence electrons. The third-order valence-corrected chi connectivity index (χ3v) is 3.51. The number of aryl methyl sites for hydroxylation is 1. The van der Waals surface area contributed by atoms with Gasteiger partial charge in [-0.25, -0.2) is 0 Å². The van der Waals surface area contributed by atoms with E-state index >= 15 is 0 Å². The Morgan fingerprint density at radius 1 is 1.53 bits per heavy atom. The predicted octanol–water partition coefficient (Wildman–Crippen LogP) is 2.68. The van der Waals surface area contributed by atoms with Gasteiger partial charge >= 0.3 is 0 Å². The second kappa shape index (κ2) is 6.14. The maximum Gasteiger partial charge on any atom is 0.268 e. The zero-order chi connectivity index (χ0) is 11.5. The summed E-state index contributed by atoms with van der Waals surface area (Å²) in [7, 11) is 1.93. The first-order valence-corrected chi connectivity index (χ1v) is 6.13. The Bertz CT molecular complexity index is 469. The Hall–Kier alpha value is -0.910. The van der Waals surface area contributed by atoms with Crippen molar-refractivity contribution in [3.05, 3.63) is 22.8 Å². The molecular weight excluding hydrogens is 258 g/mol. The lowest BCUT2D eigenvalue weighted by molar-refractivity contribution is 0.419. The van der Waals surface area contributed by atoms with E-state index in [1.54, 1.807) is 11.3 Å². The molecule has 2 rings (SSSR count). The standard InChI is InChI=1S/C11H15N3OS.ClH/c1-7-4-5-16-10(7)11-13-9(14-15-11)6-8(2)12-3;/h4-5,8,12H,6H2,1-3H3;1H. The summed E-state index contributed by atoms with van der Waals surface area (Å²) in [5, 5.41) is 9.16. The fourth-order valence-electron chi connectivity index (χ4n) is 1.40. The molecule has 0 fully saturated rings. The number of thiophene rings is 1. The lowest BCUT2D eigenvalue weighted by Gasteiger charge is -2.04. The normalized spacial score (nSPS) is 12.2. The zero-order valence-electron chi connectivity index (χ0n) is 10.1. The summed E-state index contributed by atoms with van der Waals surface area (Å²) < 4.78 is 5.26. The highest BCUT2D eigenvalue weighted by Crippen LogP contribution is 2.27. The lowest BCUT2D eigenvalue weighted by Crippen LogP contribution is -2.24. The van der Waals surface area contributed by atoms with Gasteiger partial charge in [-0.05, 0) is 37.9 Å². The van der Waals surface area contributed by atoms with Gasteiger partial charge in [0.2, 0.25) is 0 Å². The van der Waals surface area contributed by atoms with Gasteiger partial charge in [0, 0.05) is 12.5 Å². The van der Waals surface area contributed by atoms with Crippen molar-refractivity contribution in [3.8, 4) is 10.8 Å². The molecule has 0 saturated heterocycles. The van der Waals surface area contributed by atoms with E-state index in [1.807, 2.05) is 19.4 Å². The van der Waals surface area contributed by atoms with Crippen LogP contribution in [-0.2, 0) is 6.42 Å². The first kappa shape index (κ1) is 14.2. The fraction of sp³-hybridized carbons (Fsp3) is 0.455. The predicted molar refractivity (Wildman–Crippen MR) is 71.8 cm³/mol. The second-order valence-corrected chi connectivity index (χ2v) is 4.76. The van der Waals surface area contributed by atoms with E-state index < -0.39 is 0 Å². The van der Waals surface area contributed by atoms with Gasteiger partial charge in [0.15, 0.2) is 5.82 Å². The molecule has 0 spiro atoms. The van der Waals surface area contributed by atoms with Crippen molar-refractivity contribution in [3.63, 3.8) is 0 Å². The summed E-state index contributed by atoms with van der Waals surface area (Å²) in [5.41, 5.74) is 1.18. The van der Waals surface area contributed by atoms with E-state index in [2.05, 4.69) is 28.4 Å². The van der Waals surface area contributed by atoms with E-state index in [1.165, 1.54) is 5.56 Å². The molecule has 2 aromatic rings. The van der Waals surface area contributed by atoms with Gasteiger partial charge in [0.05, 0.1) is 4.88 Å². The van der Waals surface area contributed by atoms with Gasteiger partial charge in [-0.15, -0.1) is 23.7 Å². The Labute approximate surface area is 111 Å². The average molecular weight is 274 g/mol. The number of likely N-dealkylation sites (N-methyl/N-ethyl adjacent to an activating group) is 1. The van der Waals surface area contributed by atoms with Crippen LogP contribution in [0.15, 0.2) is 16.0 Å². The quantitative estimate of drug-likeness (QED) is 0.931. The smallest absolute Gasteiger partial charge is 0.268 e. The molecule has 0 bridgehead atoms. The Morgan fingerprint density at radius 3 is 2.88 bits per heavy atom. The van der Waals surface area contributed by atoms with Crippen LogP contribution in [-0.4, -0.2) is 23.2 Å². The summed E-state index contributed by atoms with van der Waals surface area (Å²) in [5.74, 6) is 1.38. The zero-order valence-corrected chi connectivity index (χ0v) is 11.7. The molecule has 1 unspecified atom stereocenters. The maximum absolute atomic E-state index is 5.26. The van der Waals surface area contributed by atoms with Crippen molar-refractivity contribution in [2.24, 2.45) is 0 Å². The molecular formula is C11H16ClN3OS. The molecule has 4 nitrogen and oxygen atoms in total. The van der Waals surface area contributed by atoms with Gasteiger partial charge in [0.1, 0.15) is 0 Å². The van der Waals surface area contributed by atoms with Crippen molar-refractivity contribution in [2.45, 2.75) is 26.3 Å². The van der Waals surface area contributed by atoms with Gasteiger partial charge in [-0.3, -0.25) is 0 Å². The van der Waals surface area contributed by atoms with Crippen LogP contribution in [0, 0.1) is 6.92 Å². The Morgan fingerprint density at radius 2 is 2.29 bits per heavy atom. The largest absolute Gasteiger partial charge is 0.333 e. The summed E-state index contributed by atoms with van der Waals surface area (Å²) in [4.78, 5) is 5.46. The van der Waals surface area contributed by atoms with Crippen LogP contribution in [0.5, 0.6) is 0 Å². The molecule has 0 amide bonds. The minimum absolute atomic E-state index is 0. The summed E-state index contributed by atoms with van der Waals surface area (Å²) >= 11 is 1.63. The number of halogens is 1. The maximum atomic E-state index is 5.26. The fourth-order valence-corrected chi connectivity index (χ4v) is 2.24. The lowest BCUT2D eigenvalue weighted by atomic mass is 10.2. The number of hydrogen-bond donors (Lipinski definition) is 1. The number of nitrogens with one attached hydrogen (secondary N) is 1. The summed E-state index contributed by atoms with van der Waals surface area (Å²) in [6, 6.07) is 2.41. The van der Waals surface area contributed by atoms with Gasteiger partial charge in [-0.2, -0.15) is 4.98 Å². The number of nitrogens with zero attached hydrogens (tertiary/aromatic N) is 2. The van der Waals surface area contributed by atoms with Crippen LogP contribution < -0.4 is 5.32 Å². The molecule has 1 N–H and O–H groups in total. The summed E-state index contributed by atoms with van der Waals surface area (Å²) in [6.07, 6.45) is 0.782. The van der Waals surface area contributed by atoms with Gasteiger partial charge < -0.3 is 9.84 Å². The number of hydrogen-bond acceptors (Lipinski definition) is 5. The van der Waals surface area contributed by atoms with E-state index in [4.69, 9.17) is 4.52 Å². The van der Waals surface area contributed by atoms with E-state index in [-0.39, 0.29) is 12.4 Å². The first-order valence-electron chi connectivity index (χ1n) is 5.25. The van der Waals surface area contributed by atoms with Crippen LogP contribution in [0.4, 0.5) is 0 Å². The van der Waals surface area contributed by atoms with Crippen LogP contribution in [0.2, 0.25) is 0 Å². The van der Waals surface area contributed by atoms with Crippen LogP contribution in [0.3, 0.4) is 0 Å².